The van der Waals surface area contributed by atoms with Crippen LogP contribution in [-0.2, 0) is 0 Å². The van der Waals surface area contributed by atoms with Gasteiger partial charge < -0.3 is 0 Å². The number of hydrogen-bond donors (Lipinski definition) is 0. The third-order valence-electron chi connectivity index (χ3n) is 2.70. The maximum Gasteiger partial charge on any atom is 0.200 e. The van der Waals surface area contributed by atoms with Crippen molar-refractivity contribution in [1.82, 2.24) is 0 Å². The zero-order chi connectivity index (χ0) is 15.2. The first-order chi connectivity index (χ1) is 9.25. The van der Waals surface area contributed by atoms with Crippen LogP contribution >= 0.6 is 43.2 Å². The Labute approximate surface area is 131 Å². The predicted molar refractivity (Wildman–Crippen MR) is 73.8 cm³/mol. The van der Waals surface area contributed by atoms with Gasteiger partial charge in [0.2, 0.25) is 5.82 Å². The lowest BCUT2D eigenvalue weighted by molar-refractivity contribution is 0.371. The standard InChI is InChI=1S/C12H5Br2F5S/c1-3-4(2-5(13)20-3)7(14)6-8(15)10(17)12(19)11(18)9(6)16/h2,7H,1H3. The summed E-state index contributed by atoms with van der Waals surface area (Å²) in [6.07, 6.45) is 0. The summed E-state index contributed by atoms with van der Waals surface area (Å²) in [5.41, 5.74) is -0.458. The van der Waals surface area contributed by atoms with Crippen molar-refractivity contribution in [2.45, 2.75) is 11.8 Å². The van der Waals surface area contributed by atoms with Crippen LogP contribution in [0.15, 0.2) is 9.85 Å². The first-order valence-corrected chi connectivity index (χ1v) is 7.69. The molecule has 1 atom stereocenters. The van der Waals surface area contributed by atoms with Gasteiger partial charge in [-0.05, 0) is 34.5 Å². The van der Waals surface area contributed by atoms with Gasteiger partial charge >= 0.3 is 0 Å². The van der Waals surface area contributed by atoms with Crippen molar-refractivity contribution in [3.63, 3.8) is 0 Å². The minimum Gasteiger partial charge on any atom is -0.203 e. The van der Waals surface area contributed by atoms with E-state index >= 15 is 0 Å². The summed E-state index contributed by atoms with van der Waals surface area (Å²) in [5.74, 6) is -9.72. The number of rotatable bonds is 2. The van der Waals surface area contributed by atoms with Crippen molar-refractivity contribution in [3.05, 3.63) is 54.9 Å². The van der Waals surface area contributed by atoms with Crippen LogP contribution < -0.4 is 0 Å². The predicted octanol–water partition coefficient (Wildman–Crippen LogP) is 6.00. The van der Waals surface area contributed by atoms with Crippen LogP contribution in [0.3, 0.4) is 0 Å². The van der Waals surface area contributed by atoms with E-state index in [4.69, 9.17) is 0 Å². The Morgan fingerprint density at radius 2 is 1.40 bits per heavy atom. The molecular formula is C12H5Br2F5S. The molecule has 0 spiro atoms. The summed E-state index contributed by atoms with van der Waals surface area (Å²) in [6.45, 7) is 1.69. The van der Waals surface area contributed by atoms with Crippen LogP contribution in [0.2, 0.25) is 0 Å². The Morgan fingerprint density at radius 1 is 0.950 bits per heavy atom. The van der Waals surface area contributed by atoms with Crippen LogP contribution in [0.4, 0.5) is 22.0 Å². The zero-order valence-corrected chi connectivity index (χ0v) is 13.7. The zero-order valence-electron chi connectivity index (χ0n) is 9.71. The van der Waals surface area contributed by atoms with E-state index in [0.717, 1.165) is 0 Å². The topological polar surface area (TPSA) is 0 Å². The summed E-state index contributed by atoms with van der Waals surface area (Å²) in [4.78, 5) is -0.433. The number of aryl methyl sites for hydroxylation is 1. The molecule has 0 aliphatic heterocycles. The van der Waals surface area contributed by atoms with Crippen molar-refractivity contribution in [3.8, 4) is 0 Å². The second kappa shape index (κ2) is 5.73. The Kier molecular flexibility index (Phi) is 4.56. The first kappa shape index (κ1) is 15.9. The third-order valence-corrected chi connectivity index (χ3v) is 5.22. The molecule has 1 unspecified atom stereocenters. The normalized spacial score (nSPS) is 12.8. The monoisotopic (exact) mass is 434 g/mol. The van der Waals surface area contributed by atoms with Crippen LogP contribution in [0.25, 0.3) is 0 Å². The van der Waals surface area contributed by atoms with Gasteiger partial charge in [0.05, 0.1) is 8.61 Å². The smallest absolute Gasteiger partial charge is 0.200 e. The molecular weight excluding hydrogens is 431 g/mol. The average molecular weight is 436 g/mol. The molecule has 8 heteroatoms. The lowest BCUT2D eigenvalue weighted by Crippen LogP contribution is -2.09. The Hall–Kier alpha value is -0.470. The van der Waals surface area contributed by atoms with Gasteiger partial charge in [0.1, 0.15) is 0 Å². The highest BCUT2D eigenvalue weighted by atomic mass is 79.9. The molecule has 0 radical (unpaired) electrons. The molecule has 0 fully saturated rings. The Bertz CT molecular complexity index is 654. The lowest BCUT2D eigenvalue weighted by Gasteiger charge is -2.14. The van der Waals surface area contributed by atoms with Gasteiger partial charge in [0, 0.05) is 10.4 Å². The van der Waals surface area contributed by atoms with Crippen LogP contribution in [0.1, 0.15) is 20.8 Å². The molecule has 1 aromatic heterocycles. The molecule has 0 bridgehead atoms. The molecule has 0 nitrogen and oxygen atoms in total. The van der Waals surface area contributed by atoms with E-state index in [1.807, 2.05) is 0 Å². The molecule has 0 amide bonds. The van der Waals surface area contributed by atoms with Gasteiger partial charge in [-0.2, -0.15) is 0 Å². The molecule has 2 rings (SSSR count). The van der Waals surface area contributed by atoms with Gasteiger partial charge in [-0.25, -0.2) is 22.0 Å². The quantitative estimate of drug-likeness (QED) is 0.235. The molecule has 0 N–H and O–H groups in total. The molecule has 0 aliphatic rings. The van der Waals surface area contributed by atoms with Crippen LogP contribution in [-0.4, -0.2) is 0 Å². The van der Waals surface area contributed by atoms with Crippen molar-refractivity contribution in [2.75, 3.05) is 0 Å². The molecule has 0 aliphatic carbocycles. The lowest BCUT2D eigenvalue weighted by atomic mass is 10.0. The van der Waals surface area contributed by atoms with Crippen molar-refractivity contribution in [1.29, 1.82) is 0 Å². The van der Waals surface area contributed by atoms with Gasteiger partial charge in [-0.1, -0.05) is 15.9 Å². The van der Waals surface area contributed by atoms with E-state index < -0.39 is 39.5 Å². The number of hydrogen-bond acceptors (Lipinski definition) is 1. The van der Waals surface area contributed by atoms with Gasteiger partial charge in [-0.3, -0.25) is 0 Å². The molecule has 1 heterocycles. The second-order valence-electron chi connectivity index (χ2n) is 3.91. The van der Waals surface area contributed by atoms with Gasteiger partial charge in [-0.15, -0.1) is 11.3 Å². The summed E-state index contributed by atoms with van der Waals surface area (Å²) in [5, 5.41) is 0. The second-order valence-corrected chi connectivity index (χ2v) is 7.46. The number of thiophene rings is 1. The maximum absolute atomic E-state index is 13.7. The highest BCUT2D eigenvalue weighted by molar-refractivity contribution is 9.11. The Morgan fingerprint density at radius 3 is 1.80 bits per heavy atom. The summed E-state index contributed by atoms with van der Waals surface area (Å²) in [7, 11) is 0. The number of alkyl halides is 1. The summed E-state index contributed by atoms with van der Waals surface area (Å²) in [6, 6.07) is 1.57. The average Bonchev–Trinajstić information content (AvgIpc) is 2.73. The molecule has 1 aromatic carbocycles. The van der Waals surface area contributed by atoms with E-state index in [0.29, 0.717) is 14.2 Å². The molecule has 0 saturated carbocycles. The summed E-state index contributed by atoms with van der Waals surface area (Å²) >= 11 is 7.50. The van der Waals surface area contributed by atoms with E-state index in [-0.39, 0.29) is 0 Å². The highest BCUT2D eigenvalue weighted by Gasteiger charge is 2.31. The number of benzene rings is 1. The molecule has 0 saturated heterocycles. The highest BCUT2D eigenvalue weighted by Crippen LogP contribution is 2.41. The van der Waals surface area contributed by atoms with E-state index in [2.05, 4.69) is 31.9 Å². The van der Waals surface area contributed by atoms with E-state index in [9.17, 15) is 22.0 Å². The van der Waals surface area contributed by atoms with Crippen molar-refractivity contribution < 1.29 is 22.0 Å². The van der Waals surface area contributed by atoms with Crippen LogP contribution in [0.5, 0.6) is 0 Å². The maximum atomic E-state index is 13.7. The minimum atomic E-state index is -2.16. The first-order valence-electron chi connectivity index (χ1n) is 5.17. The minimum absolute atomic E-state index is 0.435. The molecule has 20 heavy (non-hydrogen) atoms. The summed E-state index contributed by atoms with van der Waals surface area (Å²) < 4.78 is 67.5. The fourth-order valence-corrected chi connectivity index (χ4v) is 4.49. The van der Waals surface area contributed by atoms with Crippen LogP contribution in [0, 0.1) is 36.0 Å². The van der Waals surface area contributed by atoms with Crippen molar-refractivity contribution in [2.24, 2.45) is 0 Å². The SMILES string of the molecule is Cc1sc(Br)cc1C(Br)c1c(F)c(F)c(F)c(F)c1F. The van der Waals surface area contributed by atoms with E-state index in [1.54, 1.807) is 13.0 Å². The number of halogens is 7. The fourth-order valence-electron chi connectivity index (χ4n) is 1.71. The van der Waals surface area contributed by atoms with Gasteiger partial charge in [0.15, 0.2) is 23.3 Å². The molecule has 108 valence electrons. The van der Waals surface area contributed by atoms with E-state index in [1.165, 1.54) is 11.3 Å². The molecule has 2 aromatic rings. The van der Waals surface area contributed by atoms with Gasteiger partial charge in [0.25, 0.3) is 0 Å². The fraction of sp³-hybridized carbons (Fsp3) is 0.167. The van der Waals surface area contributed by atoms with Crippen molar-refractivity contribution >= 4 is 43.2 Å². The Balaban J connectivity index is 2.67. The largest absolute Gasteiger partial charge is 0.203 e. The third kappa shape index (κ3) is 2.53.